The zero-order valence-corrected chi connectivity index (χ0v) is 15.1. The number of hydrogen-bond acceptors (Lipinski definition) is 4. The highest BCUT2D eigenvalue weighted by molar-refractivity contribution is 7.99. The number of amides is 1. The van der Waals surface area contributed by atoms with E-state index in [1.165, 1.54) is 29.3 Å². The molecule has 126 valence electrons. The van der Waals surface area contributed by atoms with Crippen molar-refractivity contribution in [1.29, 1.82) is 0 Å². The SMILES string of the molecule is Cc1ccc(-c2ccc(SCC(=O)N3CCCCC3)nn2)c(C)c1. The van der Waals surface area contributed by atoms with E-state index in [2.05, 4.69) is 42.2 Å². The van der Waals surface area contributed by atoms with Crippen molar-refractivity contribution >= 4 is 17.7 Å². The lowest BCUT2D eigenvalue weighted by atomic mass is 10.0. The highest BCUT2D eigenvalue weighted by Gasteiger charge is 2.16. The molecule has 2 heterocycles. The van der Waals surface area contributed by atoms with E-state index in [9.17, 15) is 4.79 Å². The Bertz CT molecular complexity index is 709. The van der Waals surface area contributed by atoms with E-state index in [1.807, 2.05) is 17.0 Å². The van der Waals surface area contributed by atoms with E-state index in [4.69, 9.17) is 0 Å². The quantitative estimate of drug-likeness (QED) is 0.792. The standard InChI is InChI=1S/C19H23N3OS/c1-14-6-7-16(15(2)12-14)17-8-9-18(21-20-17)24-13-19(23)22-10-4-3-5-11-22/h6-9,12H,3-5,10-11,13H2,1-2H3. The van der Waals surface area contributed by atoms with E-state index < -0.39 is 0 Å². The topological polar surface area (TPSA) is 46.1 Å². The first-order chi connectivity index (χ1) is 11.6. The van der Waals surface area contributed by atoms with Crippen LogP contribution in [-0.4, -0.2) is 39.8 Å². The molecule has 0 unspecified atom stereocenters. The summed E-state index contributed by atoms with van der Waals surface area (Å²) in [5, 5.41) is 9.41. The maximum atomic E-state index is 12.2. The minimum Gasteiger partial charge on any atom is -0.342 e. The Morgan fingerprint density at radius 3 is 2.54 bits per heavy atom. The normalized spacial score (nSPS) is 14.7. The average Bonchev–Trinajstić information content (AvgIpc) is 2.61. The summed E-state index contributed by atoms with van der Waals surface area (Å²) < 4.78 is 0. The number of aromatic nitrogens is 2. The van der Waals surface area contributed by atoms with Crippen LogP contribution in [0.2, 0.25) is 0 Å². The van der Waals surface area contributed by atoms with Crippen LogP contribution in [0, 0.1) is 13.8 Å². The summed E-state index contributed by atoms with van der Waals surface area (Å²) in [4.78, 5) is 14.2. The van der Waals surface area contributed by atoms with Gasteiger partial charge in [0, 0.05) is 18.7 Å². The van der Waals surface area contributed by atoms with Crippen molar-refractivity contribution in [3.8, 4) is 11.3 Å². The van der Waals surface area contributed by atoms with Crippen molar-refractivity contribution in [3.05, 3.63) is 41.5 Å². The molecule has 2 aromatic rings. The Balaban J connectivity index is 1.61. The Labute approximate surface area is 147 Å². The van der Waals surface area contributed by atoms with Gasteiger partial charge in [-0.2, -0.15) is 0 Å². The second-order valence-corrected chi connectivity index (χ2v) is 7.30. The number of benzene rings is 1. The van der Waals surface area contributed by atoms with Crippen LogP contribution in [0.1, 0.15) is 30.4 Å². The summed E-state index contributed by atoms with van der Waals surface area (Å²) >= 11 is 1.47. The van der Waals surface area contributed by atoms with Gasteiger partial charge in [-0.25, -0.2) is 0 Å². The molecule has 24 heavy (non-hydrogen) atoms. The van der Waals surface area contributed by atoms with Gasteiger partial charge >= 0.3 is 0 Å². The van der Waals surface area contributed by atoms with E-state index >= 15 is 0 Å². The maximum absolute atomic E-state index is 12.2. The number of likely N-dealkylation sites (tertiary alicyclic amines) is 1. The molecule has 1 aliphatic heterocycles. The number of rotatable bonds is 4. The number of hydrogen-bond donors (Lipinski definition) is 0. The number of carbonyl (C=O) groups excluding carboxylic acids is 1. The molecule has 1 fully saturated rings. The minimum absolute atomic E-state index is 0.208. The zero-order valence-electron chi connectivity index (χ0n) is 14.3. The smallest absolute Gasteiger partial charge is 0.232 e. The molecule has 4 nitrogen and oxygen atoms in total. The Morgan fingerprint density at radius 1 is 1.08 bits per heavy atom. The van der Waals surface area contributed by atoms with E-state index in [0.717, 1.165) is 42.2 Å². The fourth-order valence-electron chi connectivity index (χ4n) is 3.01. The number of carbonyl (C=O) groups is 1. The Hall–Kier alpha value is -1.88. The third kappa shape index (κ3) is 4.15. The van der Waals surface area contributed by atoms with Crippen LogP contribution in [0.4, 0.5) is 0 Å². The minimum atomic E-state index is 0.208. The van der Waals surface area contributed by atoms with Gasteiger partial charge in [0.05, 0.1) is 11.4 Å². The summed E-state index contributed by atoms with van der Waals surface area (Å²) in [6, 6.07) is 10.3. The second kappa shape index (κ2) is 7.79. The van der Waals surface area contributed by atoms with Gasteiger partial charge in [-0.3, -0.25) is 4.79 Å². The molecule has 0 spiro atoms. The summed E-state index contributed by atoms with van der Waals surface area (Å²) in [6.45, 7) is 5.97. The first-order valence-electron chi connectivity index (χ1n) is 8.45. The van der Waals surface area contributed by atoms with Crippen LogP contribution >= 0.6 is 11.8 Å². The van der Waals surface area contributed by atoms with Gasteiger partial charge in [0.15, 0.2) is 0 Å². The van der Waals surface area contributed by atoms with Gasteiger partial charge in [0.25, 0.3) is 0 Å². The molecule has 3 rings (SSSR count). The first-order valence-corrected chi connectivity index (χ1v) is 9.44. The van der Waals surface area contributed by atoms with Crippen LogP contribution in [0.25, 0.3) is 11.3 Å². The summed E-state index contributed by atoms with van der Waals surface area (Å²) in [5.74, 6) is 0.650. The molecular weight excluding hydrogens is 318 g/mol. The van der Waals surface area contributed by atoms with Crippen molar-refractivity contribution in [2.75, 3.05) is 18.8 Å². The van der Waals surface area contributed by atoms with Crippen LogP contribution in [0.3, 0.4) is 0 Å². The lowest BCUT2D eigenvalue weighted by molar-refractivity contribution is -0.129. The monoisotopic (exact) mass is 341 g/mol. The average molecular weight is 341 g/mol. The van der Waals surface area contributed by atoms with Gasteiger partial charge in [-0.15, -0.1) is 10.2 Å². The number of thioether (sulfide) groups is 1. The van der Waals surface area contributed by atoms with Crippen molar-refractivity contribution in [2.45, 2.75) is 38.1 Å². The highest BCUT2D eigenvalue weighted by Crippen LogP contribution is 2.24. The van der Waals surface area contributed by atoms with Gasteiger partial charge in [-0.1, -0.05) is 35.5 Å². The molecule has 1 saturated heterocycles. The molecule has 0 radical (unpaired) electrons. The van der Waals surface area contributed by atoms with Crippen LogP contribution < -0.4 is 0 Å². The molecule has 1 aromatic carbocycles. The molecule has 0 saturated carbocycles. The number of aryl methyl sites for hydroxylation is 2. The summed E-state index contributed by atoms with van der Waals surface area (Å²) in [5.41, 5.74) is 4.42. The van der Waals surface area contributed by atoms with E-state index in [1.54, 1.807) is 0 Å². The van der Waals surface area contributed by atoms with Crippen molar-refractivity contribution in [3.63, 3.8) is 0 Å². The molecule has 0 atom stereocenters. The number of piperidine rings is 1. The molecule has 1 aliphatic rings. The predicted octanol–water partition coefficient (Wildman–Crippen LogP) is 3.87. The number of nitrogens with zero attached hydrogens (tertiary/aromatic N) is 3. The van der Waals surface area contributed by atoms with Gasteiger partial charge < -0.3 is 4.90 Å². The largest absolute Gasteiger partial charge is 0.342 e. The van der Waals surface area contributed by atoms with Gasteiger partial charge in [0.1, 0.15) is 5.03 Å². The lowest BCUT2D eigenvalue weighted by Crippen LogP contribution is -2.36. The van der Waals surface area contributed by atoms with Crippen LogP contribution in [0.5, 0.6) is 0 Å². The maximum Gasteiger partial charge on any atom is 0.232 e. The molecule has 1 amide bonds. The predicted molar refractivity (Wildman–Crippen MR) is 98.1 cm³/mol. The molecule has 5 heteroatoms. The van der Waals surface area contributed by atoms with E-state index in [0.29, 0.717) is 5.75 Å². The van der Waals surface area contributed by atoms with Crippen LogP contribution in [-0.2, 0) is 4.79 Å². The fraction of sp³-hybridized carbons (Fsp3) is 0.421. The Kier molecular flexibility index (Phi) is 5.51. The summed E-state index contributed by atoms with van der Waals surface area (Å²) in [6.07, 6.45) is 3.49. The molecular formula is C19H23N3OS. The second-order valence-electron chi connectivity index (χ2n) is 6.31. The van der Waals surface area contributed by atoms with Crippen LogP contribution in [0.15, 0.2) is 35.4 Å². The van der Waals surface area contributed by atoms with Crippen molar-refractivity contribution < 1.29 is 4.79 Å². The zero-order chi connectivity index (χ0) is 16.9. The molecule has 1 aromatic heterocycles. The van der Waals surface area contributed by atoms with Crippen molar-refractivity contribution in [2.24, 2.45) is 0 Å². The fourth-order valence-corrected chi connectivity index (χ4v) is 3.73. The van der Waals surface area contributed by atoms with Gasteiger partial charge in [0.2, 0.25) is 5.91 Å². The van der Waals surface area contributed by atoms with Gasteiger partial charge in [-0.05, 0) is 50.8 Å². The lowest BCUT2D eigenvalue weighted by Gasteiger charge is -2.26. The third-order valence-corrected chi connectivity index (χ3v) is 5.26. The van der Waals surface area contributed by atoms with E-state index in [-0.39, 0.29) is 5.91 Å². The third-order valence-electron chi connectivity index (χ3n) is 4.35. The van der Waals surface area contributed by atoms with Crippen molar-refractivity contribution in [1.82, 2.24) is 15.1 Å². The molecule has 0 bridgehead atoms. The summed E-state index contributed by atoms with van der Waals surface area (Å²) in [7, 11) is 0. The Morgan fingerprint density at radius 2 is 1.88 bits per heavy atom. The molecule has 0 aliphatic carbocycles. The molecule has 0 N–H and O–H groups in total. The first kappa shape index (κ1) is 17.0. The highest BCUT2D eigenvalue weighted by atomic mass is 32.2.